The van der Waals surface area contributed by atoms with E-state index in [-0.39, 0.29) is 11.8 Å². The highest BCUT2D eigenvalue weighted by molar-refractivity contribution is 5.79. The van der Waals surface area contributed by atoms with Crippen molar-refractivity contribution in [3.05, 3.63) is 0 Å². The fourth-order valence-corrected chi connectivity index (χ4v) is 1.41. The van der Waals surface area contributed by atoms with E-state index in [1.54, 1.807) is 0 Å². The van der Waals surface area contributed by atoms with Gasteiger partial charge in [0.05, 0.1) is 0 Å². The Morgan fingerprint density at radius 2 is 2.23 bits per heavy atom. The number of carbonyl (C=O) groups excluding carboxylic acids is 1. The second-order valence-electron chi connectivity index (χ2n) is 4.73. The van der Waals surface area contributed by atoms with Crippen molar-refractivity contribution in [1.29, 1.82) is 0 Å². The molecule has 13 heavy (non-hydrogen) atoms. The molecular formula is C10H20N2O. The summed E-state index contributed by atoms with van der Waals surface area (Å²) < 4.78 is 0. The Balaban J connectivity index is 2.26. The third-order valence-electron chi connectivity index (χ3n) is 2.88. The predicted octanol–water partition coefficient (Wildman–Crippen LogP) is 0.886. The van der Waals surface area contributed by atoms with Crippen LogP contribution in [0.4, 0.5) is 0 Å². The van der Waals surface area contributed by atoms with Gasteiger partial charge >= 0.3 is 0 Å². The molecule has 0 spiro atoms. The molecule has 1 aliphatic carbocycles. The summed E-state index contributed by atoms with van der Waals surface area (Å²) in [6.07, 6.45) is 1.88. The first-order chi connectivity index (χ1) is 5.97. The lowest BCUT2D eigenvalue weighted by molar-refractivity contribution is -0.124. The standard InChI is InChI=1S/C10H20N2O/c1-7(4-5-11)9(13)12-8-6-10(8,2)3/h7-8H,4-6,11H2,1-3H3,(H,12,13). The molecule has 2 unspecified atom stereocenters. The van der Waals surface area contributed by atoms with Crippen LogP contribution in [0.1, 0.15) is 33.6 Å². The van der Waals surface area contributed by atoms with Crippen LogP contribution in [0.3, 0.4) is 0 Å². The van der Waals surface area contributed by atoms with Gasteiger partial charge in [0.1, 0.15) is 0 Å². The van der Waals surface area contributed by atoms with Crippen molar-refractivity contribution >= 4 is 5.91 Å². The van der Waals surface area contributed by atoms with E-state index in [0.29, 0.717) is 18.0 Å². The highest BCUT2D eigenvalue weighted by Gasteiger charge is 2.46. The van der Waals surface area contributed by atoms with Gasteiger partial charge in [-0.3, -0.25) is 4.79 Å². The molecule has 3 nitrogen and oxygen atoms in total. The Morgan fingerprint density at radius 1 is 1.69 bits per heavy atom. The monoisotopic (exact) mass is 184 g/mol. The summed E-state index contributed by atoms with van der Waals surface area (Å²) in [5.41, 5.74) is 5.70. The van der Waals surface area contributed by atoms with Gasteiger partial charge in [-0.25, -0.2) is 0 Å². The molecule has 3 heteroatoms. The molecule has 0 aromatic heterocycles. The van der Waals surface area contributed by atoms with Gasteiger partial charge in [0, 0.05) is 12.0 Å². The molecule has 0 heterocycles. The Bertz CT molecular complexity index is 201. The maximum atomic E-state index is 11.5. The first kappa shape index (κ1) is 10.5. The summed E-state index contributed by atoms with van der Waals surface area (Å²) in [6.45, 7) is 6.86. The van der Waals surface area contributed by atoms with Gasteiger partial charge in [0.25, 0.3) is 0 Å². The van der Waals surface area contributed by atoms with Gasteiger partial charge in [-0.2, -0.15) is 0 Å². The van der Waals surface area contributed by atoms with Crippen molar-refractivity contribution in [3.8, 4) is 0 Å². The Kier molecular flexibility index (Phi) is 2.96. The molecule has 2 atom stereocenters. The van der Waals surface area contributed by atoms with Crippen LogP contribution in [0.5, 0.6) is 0 Å². The third kappa shape index (κ3) is 2.69. The maximum Gasteiger partial charge on any atom is 0.223 e. The van der Waals surface area contributed by atoms with E-state index in [4.69, 9.17) is 5.73 Å². The zero-order valence-corrected chi connectivity index (χ0v) is 8.76. The van der Waals surface area contributed by atoms with Crippen molar-refractivity contribution in [2.75, 3.05) is 6.54 Å². The number of carbonyl (C=O) groups is 1. The Morgan fingerprint density at radius 3 is 2.62 bits per heavy atom. The average molecular weight is 184 g/mol. The molecule has 1 aliphatic rings. The molecule has 0 radical (unpaired) electrons. The van der Waals surface area contributed by atoms with Crippen molar-refractivity contribution in [3.63, 3.8) is 0 Å². The molecular weight excluding hydrogens is 164 g/mol. The minimum atomic E-state index is 0.0569. The van der Waals surface area contributed by atoms with Gasteiger partial charge in [0.2, 0.25) is 5.91 Å². The molecule has 3 N–H and O–H groups in total. The van der Waals surface area contributed by atoms with Gasteiger partial charge in [-0.15, -0.1) is 0 Å². The number of nitrogens with one attached hydrogen (secondary N) is 1. The first-order valence-electron chi connectivity index (χ1n) is 4.98. The molecule has 1 saturated carbocycles. The average Bonchev–Trinajstić information content (AvgIpc) is 2.59. The van der Waals surface area contributed by atoms with Crippen LogP contribution in [0.15, 0.2) is 0 Å². The molecule has 1 fully saturated rings. The Hall–Kier alpha value is -0.570. The lowest BCUT2D eigenvalue weighted by atomic mass is 10.1. The minimum Gasteiger partial charge on any atom is -0.353 e. The van der Waals surface area contributed by atoms with Gasteiger partial charge < -0.3 is 11.1 Å². The molecule has 0 aromatic rings. The van der Waals surface area contributed by atoms with E-state index in [1.807, 2.05) is 6.92 Å². The highest BCUT2D eigenvalue weighted by Crippen LogP contribution is 2.44. The number of hydrogen-bond acceptors (Lipinski definition) is 2. The van der Waals surface area contributed by atoms with Crippen molar-refractivity contribution in [2.45, 2.75) is 39.7 Å². The van der Waals surface area contributed by atoms with Gasteiger partial charge in [-0.1, -0.05) is 20.8 Å². The minimum absolute atomic E-state index is 0.0569. The topological polar surface area (TPSA) is 55.1 Å². The van der Waals surface area contributed by atoms with Crippen LogP contribution in [0, 0.1) is 11.3 Å². The van der Waals surface area contributed by atoms with Crippen LogP contribution in [0.25, 0.3) is 0 Å². The number of hydrogen-bond donors (Lipinski definition) is 2. The highest BCUT2D eigenvalue weighted by atomic mass is 16.2. The maximum absolute atomic E-state index is 11.5. The number of amides is 1. The normalized spacial score (nSPS) is 26.6. The van der Waals surface area contributed by atoms with Crippen LogP contribution < -0.4 is 11.1 Å². The zero-order valence-electron chi connectivity index (χ0n) is 8.76. The fourth-order valence-electron chi connectivity index (χ4n) is 1.41. The third-order valence-corrected chi connectivity index (χ3v) is 2.88. The number of rotatable bonds is 4. The molecule has 0 bridgehead atoms. The SMILES string of the molecule is CC(CCN)C(=O)NC1CC1(C)C. The van der Waals surface area contributed by atoms with E-state index < -0.39 is 0 Å². The van der Waals surface area contributed by atoms with Crippen molar-refractivity contribution < 1.29 is 4.79 Å². The largest absolute Gasteiger partial charge is 0.353 e. The first-order valence-corrected chi connectivity index (χ1v) is 4.98. The van der Waals surface area contributed by atoms with E-state index in [0.717, 1.165) is 12.8 Å². The van der Waals surface area contributed by atoms with Crippen LogP contribution >= 0.6 is 0 Å². The molecule has 1 rings (SSSR count). The summed E-state index contributed by atoms with van der Waals surface area (Å²) in [5.74, 6) is 0.211. The predicted molar refractivity (Wildman–Crippen MR) is 53.2 cm³/mol. The molecule has 76 valence electrons. The zero-order chi connectivity index (χ0) is 10.1. The Labute approximate surface area is 80.1 Å². The van der Waals surface area contributed by atoms with E-state index in [1.165, 1.54) is 0 Å². The van der Waals surface area contributed by atoms with Crippen molar-refractivity contribution in [1.82, 2.24) is 5.32 Å². The lowest BCUT2D eigenvalue weighted by Gasteiger charge is -2.11. The summed E-state index contributed by atoms with van der Waals surface area (Å²) in [5, 5.41) is 3.03. The second kappa shape index (κ2) is 3.66. The summed E-state index contributed by atoms with van der Waals surface area (Å²) in [6, 6.07) is 0.389. The van der Waals surface area contributed by atoms with Crippen LogP contribution in [0.2, 0.25) is 0 Å². The lowest BCUT2D eigenvalue weighted by Crippen LogP contribution is -2.33. The van der Waals surface area contributed by atoms with Gasteiger partial charge in [-0.05, 0) is 24.8 Å². The summed E-state index contributed by atoms with van der Waals surface area (Å²) in [4.78, 5) is 11.5. The fraction of sp³-hybridized carbons (Fsp3) is 0.900. The summed E-state index contributed by atoms with van der Waals surface area (Å²) >= 11 is 0. The van der Waals surface area contributed by atoms with E-state index >= 15 is 0 Å². The van der Waals surface area contributed by atoms with E-state index in [9.17, 15) is 4.79 Å². The van der Waals surface area contributed by atoms with Crippen molar-refractivity contribution in [2.24, 2.45) is 17.1 Å². The molecule has 1 amide bonds. The smallest absolute Gasteiger partial charge is 0.223 e. The van der Waals surface area contributed by atoms with Gasteiger partial charge in [0.15, 0.2) is 0 Å². The van der Waals surface area contributed by atoms with E-state index in [2.05, 4.69) is 19.2 Å². The van der Waals surface area contributed by atoms with Crippen LogP contribution in [-0.2, 0) is 4.79 Å². The molecule has 0 saturated heterocycles. The quantitative estimate of drug-likeness (QED) is 0.681. The molecule has 0 aliphatic heterocycles. The number of nitrogens with two attached hydrogens (primary N) is 1. The second-order valence-corrected chi connectivity index (χ2v) is 4.73. The van der Waals surface area contributed by atoms with Crippen LogP contribution in [-0.4, -0.2) is 18.5 Å². The summed E-state index contributed by atoms with van der Waals surface area (Å²) in [7, 11) is 0. The molecule has 0 aromatic carbocycles.